The summed E-state index contributed by atoms with van der Waals surface area (Å²) in [6.07, 6.45) is 5.33. The summed E-state index contributed by atoms with van der Waals surface area (Å²) in [5, 5.41) is 6.50. The van der Waals surface area contributed by atoms with Gasteiger partial charge in [0.15, 0.2) is 5.82 Å². The molecule has 0 bridgehead atoms. The fraction of sp³-hybridized carbons (Fsp3) is 0.438. The maximum Gasteiger partial charge on any atom is 0.246 e. The van der Waals surface area contributed by atoms with E-state index in [9.17, 15) is 4.79 Å². The molecule has 11 heteroatoms. The fourth-order valence-corrected chi connectivity index (χ4v) is 6.76. The second kappa shape index (κ2) is 10.4. The third-order valence-electron chi connectivity index (χ3n) is 9.22. The van der Waals surface area contributed by atoms with Gasteiger partial charge in [0.05, 0.1) is 22.8 Å². The summed E-state index contributed by atoms with van der Waals surface area (Å²) < 4.78 is 19.1. The van der Waals surface area contributed by atoms with Crippen LogP contribution in [0.1, 0.15) is 31.4 Å². The number of fused-ring (bicyclic) bond motifs is 2. The van der Waals surface area contributed by atoms with Gasteiger partial charge in [-0.25, -0.2) is 9.37 Å². The van der Waals surface area contributed by atoms with Gasteiger partial charge in [0, 0.05) is 66.7 Å². The summed E-state index contributed by atoms with van der Waals surface area (Å²) in [6.45, 7) is 10.8. The average Bonchev–Trinajstić information content (AvgIpc) is 3.71. The molecule has 0 N–H and O–H groups in total. The number of amides is 1. The number of anilines is 2. The van der Waals surface area contributed by atoms with Gasteiger partial charge in [0.25, 0.3) is 0 Å². The number of rotatable bonds is 6. The van der Waals surface area contributed by atoms with Crippen LogP contribution in [0.25, 0.3) is 32.9 Å². The number of aromatic nitrogens is 4. The van der Waals surface area contributed by atoms with Gasteiger partial charge in [-0.15, -0.1) is 0 Å². The van der Waals surface area contributed by atoms with Crippen LogP contribution in [-0.4, -0.2) is 94.4 Å². The first kappa shape index (κ1) is 28.0. The molecule has 2 aliphatic heterocycles. The van der Waals surface area contributed by atoms with E-state index in [1.165, 1.54) is 6.08 Å². The normalized spacial score (nSPS) is 19.5. The lowest BCUT2D eigenvalue weighted by Gasteiger charge is -2.43. The summed E-state index contributed by atoms with van der Waals surface area (Å²) >= 11 is 7.02. The van der Waals surface area contributed by atoms with E-state index in [0.29, 0.717) is 59.5 Å². The van der Waals surface area contributed by atoms with Crippen LogP contribution >= 0.6 is 11.6 Å². The van der Waals surface area contributed by atoms with Gasteiger partial charge >= 0.3 is 0 Å². The molecule has 3 aliphatic rings. The molecule has 1 unspecified atom stereocenters. The third kappa shape index (κ3) is 4.62. The van der Waals surface area contributed by atoms with Crippen molar-refractivity contribution in [2.24, 2.45) is 0 Å². The molecule has 2 saturated heterocycles. The molecule has 1 saturated carbocycles. The fourth-order valence-electron chi connectivity index (χ4n) is 6.47. The molecule has 2 aromatic carbocycles. The first-order valence-corrected chi connectivity index (χ1v) is 15.3. The Balaban J connectivity index is 1.40. The number of hydrogen-bond donors (Lipinski definition) is 0. The van der Waals surface area contributed by atoms with Crippen LogP contribution in [0.5, 0.6) is 0 Å². The molecular weight excluding hydrogens is 567 g/mol. The Hall–Kier alpha value is -3.76. The molecule has 2 aromatic heterocycles. The van der Waals surface area contributed by atoms with Crippen LogP contribution in [0.15, 0.2) is 37.1 Å². The molecule has 4 aromatic rings. The maximum atomic E-state index is 17.1. The quantitative estimate of drug-likeness (QED) is 0.286. The minimum Gasteiger partial charge on any atom is -0.352 e. The smallest absolute Gasteiger partial charge is 0.246 e. The largest absolute Gasteiger partial charge is 0.352 e. The molecule has 0 radical (unpaired) electrons. The van der Waals surface area contributed by atoms with Crippen LogP contribution < -0.4 is 9.80 Å². The first-order chi connectivity index (χ1) is 20.7. The van der Waals surface area contributed by atoms with Crippen molar-refractivity contribution < 1.29 is 9.18 Å². The number of nitrogens with zero attached hydrogens (tertiary/aromatic N) is 8. The number of aryl methyl sites for hydroxylation is 1. The van der Waals surface area contributed by atoms with Crippen LogP contribution in [0.2, 0.25) is 5.02 Å². The Kier molecular flexibility index (Phi) is 6.81. The van der Waals surface area contributed by atoms with Crippen LogP contribution in [0.4, 0.5) is 16.2 Å². The minimum atomic E-state index is -0.454. The topological polar surface area (TPSA) is 73.6 Å². The first-order valence-electron chi connectivity index (χ1n) is 14.9. The van der Waals surface area contributed by atoms with Gasteiger partial charge in [0.2, 0.25) is 11.9 Å². The molecule has 1 atom stereocenters. The van der Waals surface area contributed by atoms with Crippen molar-refractivity contribution in [3.8, 4) is 11.1 Å². The summed E-state index contributed by atoms with van der Waals surface area (Å²) in [5.41, 5.74) is 3.19. The molecule has 9 nitrogen and oxygen atoms in total. The SMILES string of the molecule is C=CC(=O)N1CCN(c2nc(N3CC(N(C)C)C3)nc3c(F)c(-c4c(C)ccc5cnn(C6CC6)c45)c(Cl)cc23)CC1C. The van der Waals surface area contributed by atoms with E-state index in [1.54, 1.807) is 0 Å². The van der Waals surface area contributed by atoms with E-state index in [2.05, 4.69) is 40.5 Å². The number of piperazine rings is 1. The number of carbonyl (C=O) groups excluding carboxylic acids is 1. The monoisotopic (exact) mass is 602 g/mol. The van der Waals surface area contributed by atoms with Crippen molar-refractivity contribution in [1.29, 1.82) is 0 Å². The van der Waals surface area contributed by atoms with Gasteiger partial charge < -0.3 is 19.6 Å². The molecule has 224 valence electrons. The predicted octanol–water partition coefficient (Wildman–Crippen LogP) is 5.06. The van der Waals surface area contributed by atoms with E-state index in [4.69, 9.17) is 21.6 Å². The van der Waals surface area contributed by atoms with Gasteiger partial charge in [-0.1, -0.05) is 30.3 Å². The Bertz CT molecular complexity index is 1780. The van der Waals surface area contributed by atoms with Crippen LogP contribution in [0, 0.1) is 12.7 Å². The highest BCUT2D eigenvalue weighted by molar-refractivity contribution is 6.35. The predicted molar refractivity (Wildman–Crippen MR) is 170 cm³/mol. The van der Waals surface area contributed by atoms with Gasteiger partial charge in [-0.05, 0) is 58.5 Å². The molecule has 43 heavy (non-hydrogen) atoms. The number of likely N-dealkylation sites (N-methyl/N-ethyl adjacent to an activating group) is 1. The summed E-state index contributed by atoms with van der Waals surface area (Å²) in [6, 6.07) is 6.48. The van der Waals surface area contributed by atoms with Gasteiger partial charge in [0.1, 0.15) is 11.3 Å². The Morgan fingerprint density at radius 3 is 2.56 bits per heavy atom. The molecule has 1 amide bonds. The summed E-state index contributed by atoms with van der Waals surface area (Å²) in [5.74, 6) is 0.591. The van der Waals surface area contributed by atoms with Crippen LogP contribution in [0.3, 0.4) is 0 Å². The molecule has 4 heterocycles. The lowest BCUT2D eigenvalue weighted by molar-refractivity contribution is -0.128. The maximum absolute atomic E-state index is 17.1. The van der Waals surface area contributed by atoms with Crippen molar-refractivity contribution in [2.75, 3.05) is 56.6 Å². The number of carbonyl (C=O) groups is 1. The Morgan fingerprint density at radius 1 is 1.12 bits per heavy atom. The van der Waals surface area contributed by atoms with Crippen LogP contribution in [-0.2, 0) is 4.79 Å². The van der Waals surface area contributed by atoms with E-state index >= 15 is 4.39 Å². The molecule has 1 aliphatic carbocycles. The van der Waals surface area contributed by atoms with Gasteiger partial charge in [-0.2, -0.15) is 10.1 Å². The van der Waals surface area contributed by atoms with E-state index in [1.807, 2.05) is 47.8 Å². The highest BCUT2D eigenvalue weighted by atomic mass is 35.5. The Labute approximate surface area is 255 Å². The number of halogens is 2. The standard InChI is InChI=1S/C32H36ClFN8O/c1-6-25(43)41-12-11-39(15-19(41)3)31-23-13-24(33)27(26-18(2)7-8-20-14-35-42(30(20)26)21-9-10-21)28(34)29(23)36-32(37-31)40-16-22(17-40)38(4)5/h6-8,13-14,19,21-22H,1,9-12,15-17H2,2-5H3. The van der Waals surface area contributed by atoms with Gasteiger partial charge in [-0.3, -0.25) is 9.48 Å². The van der Waals surface area contributed by atoms with Crippen molar-refractivity contribution in [2.45, 2.75) is 44.8 Å². The number of hydrogen-bond acceptors (Lipinski definition) is 7. The zero-order valence-corrected chi connectivity index (χ0v) is 25.8. The van der Waals surface area contributed by atoms with E-state index < -0.39 is 5.82 Å². The lowest BCUT2D eigenvalue weighted by atomic mass is 9.95. The summed E-state index contributed by atoms with van der Waals surface area (Å²) in [7, 11) is 4.12. The molecule has 7 rings (SSSR count). The molecule has 0 spiro atoms. The highest BCUT2D eigenvalue weighted by Crippen LogP contribution is 2.45. The summed E-state index contributed by atoms with van der Waals surface area (Å²) in [4.78, 5) is 30.5. The van der Waals surface area contributed by atoms with Crippen molar-refractivity contribution >= 4 is 51.1 Å². The van der Waals surface area contributed by atoms with Crippen molar-refractivity contribution in [3.05, 3.63) is 53.5 Å². The van der Waals surface area contributed by atoms with Crippen molar-refractivity contribution in [1.82, 2.24) is 29.5 Å². The van der Waals surface area contributed by atoms with Crippen molar-refractivity contribution in [3.63, 3.8) is 0 Å². The highest BCUT2D eigenvalue weighted by Gasteiger charge is 2.35. The number of benzene rings is 2. The lowest BCUT2D eigenvalue weighted by Crippen LogP contribution is -2.58. The van der Waals surface area contributed by atoms with E-state index in [-0.39, 0.29) is 17.5 Å². The minimum absolute atomic E-state index is 0.0719. The average molecular weight is 603 g/mol. The molecule has 3 fully saturated rings. The second-order valence-electron chi connectivity index (χ2n) is 12.4. The molecular formula is C32H36ClFN8O. The Morgan fingerprint density at radius 2 is 1.88 bits per heavy atom. The third-order valence-corrected chi connectivity index (χ3v) is 9.52. The zero-order valence-electron chi connectivity index (χ0n) is 25.0. The zero-order chi connectivity index (χ0) is 30.2. The van der Waals surface area contributed by atoms with E-state index in [0.717, 1.165) is 48.0 Å². The second-order valence-corrected chi connectivity index (χ2v) is 12.8.